The molecule has 0 atom stereocenters. The second-order valence-electron chi connectivity index (χ2n) is 2.41. The van der Waals surface area contributed by atoms with Gasteiger partial charge in [-0.3, -0.25) is 0 Å². The number of benzene rings is 1. The molecule has 12 heavy (non-hydrogen) atoms. The van der Waals surface area contributed by atoms with Crippen molar-refractivity contribution >= 4 is 5.69 Å². The van der Waals surface area contributed by atoms with Crippen LogP contribution in [0.3, 0.4) is 0 Å². The Morgan fingerprint density at radius 2 is 2.00 bits per heavy atom. The Morgan fingerprint density at radius 1 is 1.42 bits per heavy atom. The fourth-order valence-electron chi connectivity index (χ4n) is 0.928. The standard InChI is InChI=1S/C8H9F2NO/c1-4-6(12-2)3-5(9)8(11)7(4)10/h3H,11H2,1-2H3. The van der Waals surface area contributed by atoms with Crippen molar-refractivity contribution in [2.24, 2.45) is 0 Å². The zero-order valence-corrected chi connectivity index (χ0v) is 6.82. The molecular weight excluding hydrogens is 164 g/mol. The summed E-state index contributed by atoms with van der Waals surface area (Å²) in [5.74, 6) is -1.39. The molecule has 0 radical (unpaired) electrons. The number of nitrogen functional groups attached to an aromatic ring is 1. The van der Waals surface area contributed by atoms with E-state index < -0.39 is 17.3 Å². The Hall–Kier alpha value is -1.32. The SMILES string of the molecule is COc1cc(F)c(N)c(F)c1C. The van der Waals surface area contributed by atoms with Gasteiger partial charge in [0, 0.05) is 11.6 Å². The van der Waals surface area contributed by atoms with E-state index in [1.807, 2.05) is 0 Å². The van der Waals surface area contributed by atoms with Crippen LogP contribution >= 0.6 is 0 Å². The Morgan fingerprint density at radius 3 is 2.50 bits per heavy atom. The van der Waals surface area contributed by atoms with Crippen LogP contribution in [0.25, 0.3) is 0 Å². The predicted octanol–water partition coefficient (Wildman–Crippen LogP) is 1.86. The highest BCUT2D eigenvalue weighted by Gasteiger charge is 2.12. The van der Waals surface area contributed by atoms with Crippen LogP contribution in [-0.4, -0.2) is 7.11 Å². The zero-order chi connectivity index (χ0) is 9.30. The first kappa shape index (κ1) is 8.77. The van der Waals surface area contributed by atoms with Gasteiger partial charge in [0.25, 0.3) is 0 Å². The van der Waals surface area contributed by atoms with E-state index >= 15 is 0 Å². The van der Waals surface area contributed by atoms with E-state index in [0.29, 0.717) is 0 Å². The first-order valence-corrected chi connectivity index (χ1v) is 3.36. The largest absolute Gasteiger partial charge is 0.496 e. The minimum Gasteiger partial charge on any atom is -0.496 e. The molecule has 0 saturated heterocycles. The van der Waals surface area contributed by atoms with Gasteiger partial charge in [-0.1, -0.05) is 0 Å². The minimum atomic E-state index is -0.796. The van der Waals surface area contributed by atoms with Crippen LogP contribution < -0.4 is 10.5 Å². The van der Waals surface area contributed by atoms with E-state index in [9.17, 15) is 8.78 Å². The normalized spacial score (nSPS) is 10.0. The second-order valence-corrected chi connectivity index (χ2v) is 2.41. The first-order chi connectivity index (χ1) is 5.57. The molecule has 1 rings (SSSR count). The average Bonchev–Trinajstić information content (AvgIpc) is 2.08. The minimum absolute atomic E-state index is 0.166. The number of ether oxygens (including phenoxy) is 1. The lowest BCUT2D eigenvalue weighted by Gasteiger charge is -2.07. The van der Waals surface area contributed by atoms with Crippen molar-refractivity contribution in [1.82, 2.24) is 0 Å². The molecule has 2 nitrogen and oxygen atoms in total. The number of rotatable bonds is 1. The summed E-state index contributed by atoms with van der Waals surface area (Å²) in [6.07, 6.45) is 0. The van der Waals surface area contributed by atoms with E-state index in [1.165, 1.54) is 14.0 Å². The summed E-state index contributed by atoms with van der Waals surface area (Å²) in [6, 6.07) is 1.06. The second kappa shape index (κ2) is 2.97. The number of methoxy groups -OCH3 is 1. The van der Waals surface area contributed by atoms with Crippen LogP contribution in [0.1, 0.15) is 5.56 Å². The number of halogens is 2. The summed E-state index contributed by atoms with van der Waals surface area (Å²) in [5.41, 5.74) is 4.86. The van der Waals surface area contributed by atoms with Gasteiger partial charge >= 0.3 is 0 Å². The van der Waals surface area contributed by atoms with Gasteiger partial charge in [0.2, 0.25) is 0 Å². The predicted molar refractivity (Wildman–Crippen MR) is 42.1 cm³/mol. The molecule has 1 aromatic rings. The van der Waals surface area contributed by atoms with Gasteiger partial charge in [-0.2, -0.15) is 0 Å². The summed E-state index contributed by atoms with van der Waals surface area (Å²) >= 11 is 0. The Labute approximate surface area is 68.9 Å². The molecule has 2 N–H and O–H groups in total. The van der Waals surface area contributed by atoms with Crippen LogP contribution in [0.4, 0.5) is 14.5 Å². The third-order valence-corrected chi connectivity index (χ3v) is 1.67. The third kappa shape index (κ3) is 1.20. The highest BCUT2D eigenvalue weighted by atomic mass is 19.1. The molecule has 1 aromatic carbocycles. The van der Waals surface area contributed by atoms with Crippen molar-refractivity contribution in [3.05, 3.63) is 23.3 Å². The van der Waals surface area contributed by atoms with Crippen molar-refractivity contribution < 1.29 is 13.5 Å². The molecule has 4 heteroatoms. The fourth-order valence-corrected chi connectivity index (χ4v) is 0.928. The monoisotopic (exact) mass is 173 g/mol. The van der Waals surface area contributed by atoms with Crippen LogP contribution in [0.15, 0.2) is 6.07 Å². The molecule has 0 spiro atoms. The first-order valence-electron chi connectivity index (χ1n) is 3.36. The van der Waals surface area contributed by atoms with Crippen LogP contribution in [0.5, 0.6) is 5.75 Å². The molecule has 0 aliphatic heterocycles. The van der Waals surface area contributed by atoms with E-state index in [2.05, 4.69) is 0 Å². The van der Waals surface area contributed by atoms with E-state index in [1.54, 1.807) is 0 Å². The maximum atomic E-state index is 13.0. The van der Waals surface area contributed by atoms with Crippen LogP contribution in [0.2, 0.25) is 0 Å². The maximum Gasteiger partial charge on any atom is 0.155 e. The number of hydrogen-bond donors (Lipinski definition) is 1. The number of anilines is 1. The van der Waals surface area contributed by atoms with Crippen LogP contribution in [0, 0.1) is 18.6 Å². The van der Waals surface area contributed by atoms with Gasteiger partial charge in [-0.15, -0.1) is 0 Å². The zero-order valence-electron chi connectivity index (χ0n) is 6.82. The van der Waals surface area contributed by atoms with Gasteiger partial charge < -0.3 is 10.5 Å². The maximum absolute atomic E-state index is 13.0. The Bertz CT molecular complexity index is 312. The Kier molecular flexibility index (Phi) is 2.17. The lowest BCUT2D eigenvalue weighted by molar-refractivity contribution is 0.403. The van der Waals surface area contributed by atoms with Crippen molar-refractivity contribution in [3.63, 3.8) is 0 Å². The summed E-state index contributed by atoms with van der Waals surface area (Å²) in [7, 11) is 1.34. The van der Waals surface area contributed by atoms with Crippen molar-refractivity contribution in [2.75, 3.05) is 12.8 Å². The molecule has 66 valence electrons. The van der Waals surface area contributed by atoms with Gasteiger partial charge in [0.05, 0.1) is 7.11 Å². The molecule has 0 saturated carbocycles. The quantitative estimate of drug-likeness (QED) is 0.658. The molecule has 0 amide bonds. The third-order valence-electron chi connectivity index (χ3n) is 1.67. The summed E-state index contributed by atoms with van der Waals surface area (Å²) < 4.78 is 30.5. The lowest BCUT2D eigenvalue weighted by atomic mass is 10.2. The summed E-state index contributed by atoms with van der Waals surface area (Å²) in [6.45, 7) is 1.48. The van der Waals surface area contributed by atoms with Gasteiger partial charge in [0.1, 0.15) is 11.4 Å². The molecule has 0 bridgehead atoms. The molecule has 0 aliphatic carbocycles. The average molecular weight is 173 g/mol. The van der Waals surface area contributed by atoms with Gasteiger partial charge in [0.15, 0.2) is 11.6 Å². The topological polar surface area (TPSA) is 35.2 Å². The smallest absolute Gasteiger partial charge is 0.155 e. The van der Waals surface area contributed by atoms with Crippen molar-refractivity contribution in [3.8, 4) is 5.75 Å². The van der Waals surface area contributed by atoms with Crippen molar-refractivity contribution in [2.45, 2.75) is 6.92 Å². The van der Waals surface area contributed by atoms with E-state index in [-0.39, 0.29) is 11.3 Å². The molecular formula is C8H9F2NO. The van der Waals surface area contributed by atoms with Crippen LogP contribution in [-0.2, 0) is 0 Å². The lowest BCUT2D eigenvalue weighted by Crippen LogP contribution is -2.00. The van der Waals surface area contributed by atoms with E-state index in [0.717, 1.165) is 6.07 Å². The molecule has 0 aromatic heterocycles. The molecule has 0 fully saturated rings. The van der Waals surface area contributed by atoms with Gasteiger partial charge in [-0.25, -0.2) is 8.78 Å². The highest BCUT2D eigenvalue weighted by molar-refractivity contribution is 5.50. The Balaban J connectivity index is 3.39. The summed E-state index contributed by atoms with van der Waals surface area (Å²) in [5, 5.41) is 0. The molecule has 0 heterocycles. The van der Waals surface area contributed by atoms with E-state index in [4.69, 9.17) is 10.5 Å². The van der Waals surface area contributed by atoms with Crippen molar-refractivity contribution in [1.29, 1.82) is 0 Å². The summed E-state index contributed by atoms with van der Waals surface area (Å²) in [4.78, 5) is 0. The highest BCUT2D eigenvalue weighted by Crippen LogP contribution is 2.27. The molecule has 0 unspecified atom stereocenters. The number of nitrogens with two attached hydrogens (primary N) is 1. The molecule has 0 aliphatic rings. The fraction of sp³-hybridized carbons (Fsp3) is 0.250. The number of hydrogen-bond acceptors (Lipinski definition) is 2. The van der Waals surface area contributed by atoms with Gasteiger partial charge in [-0.05, 0) is 6.92 Å².